The molecular formula is C14H27ClN2O. The van der Waals surface area contributed by atoms with E-state index in [1.807, 2.05) is 4.90 Å². The van der Waals surface area contributed by atoms with Crippen LogP contribution in [-0.2, 0) is 4.79 Å². The maximum absolute atomic E-state index is 12.2. The Balaban J connectivity index is 0.00000162. The molecule has 1 heterocycles. The molecule has 1 aliphatic carbocycles. The predicted octanol–water partition coefficient (Wildman–Crippen LogP) is 2.72. The van der Waals surface area contributed by atoms with Gasteiger partial charge in [0.1, 0.15) is 0 Å². The molecule has 0 bridgehead atoms. The monoisotopic (exact) mass is 274 g/mol. The molecular weight excluding hydrogens is 248 g/mol. The van der Waals surface area contributed by atoms with Crippen molar-refractivity contribution >= 4 is 18.3 Å². The molecule has 1 saturated carbocycles. The Bertz CT molecular complexity index is 252. The first-order valence-corrected chi connectivity index (χ1v) is 7.29. The zero-order valence-corrected chi connectivity index (χ0v) is 12.1. The molecule has 3 nitrogen and oxygen atoms in total. The predicted molar refractivity (Wildman–Crippen MR) is 76.8 cm³/mol. The van der Waals surface area contributed by atoms with Crippen LogP contribution in [0, 0.1) is 5.92 Å². The minimum absolute atomic E-state index is 0. The number of nitrogens with zero attached hydrogens (tertiary/aromatic N) is 1. The van der Waals surface area contributed by atoms with Crippen LogP contribution in [0.15, 0.2) is 0 Å². The quantitative estimate of drug-likeness (QED) is 0.787. The highest BCUT2D eigenvalue weighted by Crippen LogP contribution is 2.26. The van der Waals surface area contributed by atoms with Gasteiger partial charge in [0.2, 0.25) is 5.91 Å². The number of hydrogen-bond acceptors (Lipinski definition) is 2. The van der Waals surface area contributed by atoms with Crippen molar-refractivity contribution in [2.24, 2.45) is 11.7 Å². The first-order chi connectivity index (χ1) is 8.25. The number of carbonyl (C=O) groups is 1. The molecule has 106 valence electrons. The summed E-state index contributed by atoms with van der Waals surface area (Å²) < 4.78 is 0. The number of likely N-dealkylation sites (tertiary alicyclic amines) is 1. The summed E-state index contributed by atoms with van der Waals surface area (Å²) in [5.41, 5.74) is 5.93. The number of carbonyl (C=O) groups excluding carboxylic acids is 1. The molecule has 0 aromatic rings. The molecule has 18 heavy (non-hydrogen) atoms. The van der Waals surface area contributed by atoms with Crippen molar-refractivity contribution in [3.63, 3.8) is 0 Å². The molecule has 2 aliphatic rings. The second kappa shape index (κ2) is 8.00. The molecule has 2 fully saturated rings. The molecule has 4 heteroatoms. The normalized spacial score (nSPS) is 26.3. The van der Waals surface area contributed by atoms with E-state index in [2.05, 4.69) is 0 Å². The van der Waals surface area contributed by atoms with Gasteiger partial charge in [0.25, 0.3) is 0 Å². The Morgan fingerprint density at radius 3 is 2.33 bits per heavy atom. The molecule has 1 atom stereocenters. The summed E-state index contributed by atoms with van der Waals surface area (Å²) in [4.78, 5) is 14.2. The number of nitrogens with two attached hydrogens (primary N) is 1. The van der Waals surface area contributed by atoms with Crippen molar-refractivity contribution in [3.8, 4) is 0 Å². The number of rotatable bonds is 2. The molecule has 1 saturated heterocycles. The summed E-state index contributed by atoms with van der Waals surface area (Å²) in [5.74, 6) is 0.996. The van der Waals surface area contributed by atoms with Crippen LogP contribution in [0.3, 0.4) is 0 Å². The van der Waals surface area contributed by atoms with Crippen LogP contribution in [0.5, 0.6) is 0 Å². The Morgan fingerprint density at radius 2 is 1.72 bits per heavy atom. The van der Waals surface area contributed by atoms with Gasteiger partial charge in [-0.25, -0.2) is 0 Å². The number of halogens is 1. The lowest BCUT2D eigenvalue weighted by atomic mass is 9.95. The van der Waals surface area contributed by atoms with Gasteiger partial charge >= 0.3 is 0 Å². The third-order valence-electron chi connectivity index (χ3n) is 4.25. The van der Waals surface area contributed by atoms with Crippen LogP contribution in [-0.4, -0.2) is 29.9 Å². The Morgan fingerprint density at radius 1 is 1.06 bits per heavy atom. The summed E-state index contributed by atoms with van der Waals surface area (Å²) in [6.07, 6.45) is 10.8. The van der Waals surface area contributed by atoms with E-state index in [9.17, 15) is 4.79 Å². The van der Waals surface area contributed by atoms with Gasteiger partial charge in [-0.15, -0.1) is 12.4 Å². The van der Waals surface area contributed by atoms with Gasteiger partial charge in [-0.2, -0.15) is 0 Å². The van der Waals surface area contributed by atoms with Crippen LogP contribution < -0.4 is 5.73 Å². The van der Waals surface area contributed by atoms with Gasteiger partial charge in [-0.1, -0.05) is 25.7 Å². The third kappa shape index (κ3) is 4.77. The standard InChI is InChI=1S/C14H26N2O.ClH/c15-13-8-5-9-16(11-13)14(17)10-12-6-3-1-2-4-7-12;/h12-13H,1-11,15H2;1H. The van der Waals surface area contributed by atoms with Crippen molar-refractivity contribution in [3.05, 3.63) is 0 Å². The van der Waals surface area contributed by atoms with E-state index in [1.165, 1.54) is 38.5 Å². The molecule has 2 rings (SSSR count). The van der Waals surface area contributed by atoms with Gasteiger partial charge < -0.3 is 10.6 Å². The topological polar surface area (TPSA) is 46.3 Å². The largest absolute Gasteiger partial charge is 0.341 e. The van der Waals surface area contributed by atoms with E-state index in [1.54, 1.807) is 0 Å². The number of hydrogen-bond donors (Lipinski definition) is 1. The lowest BCUT2D eigenvalue weighted by molar-refractivity contribution is -0.133. The van der Waals surface area contributed by atoms with E-state index >= 15 is 0 Å². The summed E-state index contributed by atoms with van der Waals surface area (Å²) in [7, 11) is 0. The van der Waals surface area contributed by atoms with E-state index in [4.69, 9.17) is 5.73 Å². The van der Waals surface area contributed by atoms with Crippen LogP contribution in [0.1, 0.15) is 57.8 Å². The summed E-state index contributed by atoms with van der Waals surface area (Å²) in [6.45, 7) is 1.71. The van der Waals surface area contributed by atoms with Crippen molar-refractivity contribution in [2.75, 3.05) is 13.1 Å². The fraction of sp³-hybridized carbons (Fsp3) is 0.929. The van der Waals surface area contributed by atoms with Crippen LogP contribution in [0.25, 0.3) is 0 Å². The van der Waals surface area contributed by atoms with E-state index in [0.717, 1.165) is 32.4 Å². The zero-order chi connectivity index (χ0) is 12.1. The highest BCUT2D eigenvalue weighted by molar-refractivity contribution is 5.85. The fourth-order valence-corrected chi connectivity index (χ4v) is 3.18. The van der Waals surface area contributed by atoms with Gasteiger partial charge in [0, 0.05) is 25.6 Å². The molecule has 0 radical (unpaired) electrons. The SMILES string of the molecule is Cl.NC1CCCN(C(=O)CC2CCCCCC2)C1. The van der Waals surface area contributed by atoms with Gasteiger partial charge in [-0.05, 0) is 31.6 Å². The summed E-state index contributed by atoms with van der Waals surface area (Å²) in [6, 6.07) is 0.210. The van der Waals surface area contributed by atoms with Crippen molar-refractivity contribution in [2.45, 2.75) is 63.8 Å². The molecule has 0 spiro atoms. The Labute approximate surface area is 117 Å². The number of piperidine rings is 1. The molecule has 1 aliphatic heterocycles. The van der Waals surface area contributed by atoms with Crippen LogP contribution >= 0.6 is 12.4 Å². The van der Waals surface area contributed by atoms with Crippen molar-refractivity contribution in [1.82, 2.24) is 4.90 Å². The van der Waals surface area contributed by atoms with Crippen LogP contribution in [0.4, 0.5) is 0 Å². The van der Waals surface area contributed by atoms with Gasteiger partial charge in [-0.3, -0.25) is 4.79 Å². The fourth-order valence-electron chi connectivity index (χ4n) is 3.18. The highest BCUT2D eigenvalue weighted by Gasteiger charge is 2.24. The van der Waals surface area contributed by atoms with Gasteiger partial charge in [0.05, 0.1) is 0 Å². The molecule has 1 amide bonds. The maximum Gasteiger partial charge on any atom is 0.222 e. The van der Waals surface area contributed by atoms with Crippen molar-refractivity contribution in [1.29, 1.82) is 0 Å². The van der Waals surface area contributed by atoms with E-state index < -0.39 is 0 Å². The molecule has 2 N–H and O–H groups in total. The lowest BCUT2D eigenvalue weighted by Crippen LogP contribution is -2.46. The first kappa shape index (κ1) is 15.8. The zero-order valence-electron chi connectivity index (χ0n) is 11.3. The Hall–Kier alpha value is -0.280. The molecule has 0 aromatic heterocycles. The number of amides is 1. The minimum Gasteiger partial charge on any atom is -0.341 e. The first-order valence-electron chi connectivity index (χ1n) is 7.29. The third-order valence-corrected chi connectivity index (χ3v) is 4.25. The van der Waals surface area contributed by atoms with Gasteiger partial charge in [0.15, 0.2) is 0 Å². The van der Waals surface area contributed by atoms with E-state index in [0.29, 0.717) is 11.8 Å². The summed E-state index contributed by atoms with van der Waals surface area (Å²) >= 11 is 0. The minimum atomic E-state index is 0. The average molecular weight is 275 g/mol. The Kier molecular flexibility index (Phi) is 7.02. The average Bonchev–Trinajstić information content (AvgIpc) is 2.57. The highest BCUT2D eigenvalue weighted by atomic mass is 35.5. The lowest BCUT2D eigenvalue weighted by Gasteiger charge is -2.31. The second-order valence-electron chi connectivity index (χ2n) is 5.80. The van der Waals surface area contributed by atoms with Crippen LogP contribution in [0.2, 0.25) is 0 Å². The van der Waals surface area contributed by atoms with Crippen molar-refractivity contribution < 1.29 is 4.79 Å². The second-order valence-corrected chi connectivity index (χ2v) is 5.80. The summed E-state index contributed by atoms with van der Waals surface area (Å²) in [5, 5.41) is 0. The maximum atomic E-state index is 12.2. The molecule has 0 aromatic carbocycles. The molecule has 1 unspecified atom stereocenters. The van der Waals surface area contributed by atoms with E-state index in [-0.39, 0.29) is 18.4 Å². The smallest absolute Gasteiger partial charge is 0.222 e.